The highest BCUT2D eigenvalue weighted by Crippen LogP contribution is 2.61. The van der Waals surface area contributed by atoms with E-state index in [-0.39, 0.29) is 30.7 Å². The van der Waals surface area contributed by atoms with E-state index in [2.05, 4.69) is 40.7 Å². The molecule has 3 aromatic rings. The van der Waals surface area contributed by atoms with Gasteiger partial charge in [0.1, 0.15) is 34.8 Å². The van der Waals surface area contributed by atoms with Crippen LogP contribution in [-0.4, -0.2) is 83.9 Å². The minimum atomic E-state index is -5.13. The lowest BCUT2D eigenvalue weighted by molar-refractivity contribution is -0.196. The van der Waals surface area contributed by atoms with Gasteiger partial charge in [-0.15, -0.1) is 0 Å². The summed E-state index contributed by atoms with van der Waals surface area (Å²) < 4.78 is 144. The van der Waals surface area contributed by atoms with Gasteiger partial charge < -0.3 is 25.0 Å². The molecule has 18 heteroatoms. The fourth-order valence-electron chi connectivity index (χ4n) is 8.22. The van der Waals surface area contributed by atoms with Crippen molar-refractivity contribution in [2.24, 2.45) is 35.0 Å². The molecule has 5 rings (SSSR count). The second-order valence-corrected chi connectivity index (χ2v) is 15.4. The Bertz CT molecular complexity index is 1860. The van der Waals surface area contributed by atoms with Crippen LogP contribution in [0.3, 0.4) is 0 Å². The van der Waals surface area contributed by atoms with E-state index in [4.69, 9.17) is 15.2 Å². The number of aromatic nitrogens is 4. The van der Waals surface area contributed by atoms with Crippen molar-refractivity contribution < 1.29 is 49.0 Å². The van der Waals surface area contributed by atoms with Crippen molar-refractivity contribution in [3.63, 3.8) is 0 Å². The van der Waals surface area contributed by atoms with Gasteiger partial charge >= 0.3 is 18.4 Å². The van der Waals surface area contributed by atoms with Crippen LogP contribution in [0.5, 0.6) is 11.9 Å². The average Bonchev–Trinajstić information content (AvgIpc) is 3.59. The molecule has 0 saturated heterocycles. The first-order valence-corrected chi connectivity index (χ1v) is 17.7. The Labute approximate surface area is 307 Å². The van der Waals surface area contributed by atoms with Crippen molar-refractivity contribution in [2.45, 2.75) is 78.8 Å². The molecule has 0 bridgehead atoms. The monoisotopic (exact) mass is 779 g/mol. The standard InChI is InChI=1S/C36H46F9N7O2/c1-10-22(35(40,41)42)54-31-25-29(27(37)28(48-31)21-11-23(46)47-20(6)26(21)36(43,44)45)49-32(53-15-33(14-51(7)8)13-34(33,38)39)50-30(25)52(9)12-16(2)24-18(4)17(3)19(24)5/h11,16-19,22,24H,10,12-15H2,1-9H3,(H2,46,47). The molecule has 9 nitrogen and oxygen atoms in total. The number of rotatable bonds is 13. The summed E-state index contributed by atoms with van der Waals surface area (Å²) in [7, 11) is 4.74. The van der Waals surface area contributed by atoms with Crippen molar-refractivity contribution in [3.8, 4) is 23.1 Å². The lowest BCUT2D eigenvalue weighted by Gasteiger charge is -2.51. The Hall–Kier alpha value is -3.83. The number of halogens is 9. The van der Waals surface area contributed by atoms with Crippen molar-refractivity contribution in [1.82, 2.24) is 24.8 Å². The van der Waals surface area contributed by atoms with E-state index in [9.17, 15) is 35.1 Å². The van der Waals surface area contributed by atoms with Crippen molar-refractivity contribution in [2.75, 3.05) is 51.5 Å². The van der Waals surface area contributed by atoms with Gasteiger partial charge in [0.15, 0.2) is 11.9 Å². The lowest BCUT2D eigenvalue weighted by atomic mass is 9.55. The molecule has 0 aliphatic heterocycles. The predicted molar refractivity (Wildman–Crippen MR) is 185 cm³/mol. The molecule has 2 aliphatic rings. The van der Waals surface area contributed by atoms with E-state index in [0.717, 1.165) is 6.92 Å². The summed E-state index contributed by atoms with van der Waals surface area (Å²) in [6, 6.07) is 0.0797. The Morgan fingerprint density at radius 3 is 2.11 bits per heavy atom. The molecule has 5 unspecified atom stereocenters. The fraction of sp³-hybridized carbons (Fsp3) is 0.667. The summed E-state index contributed by atoms with van der Waals surface area (Å²) in [5.41, 5.74) is -0.733. The number of anilines is 2. The minimum Gasteiger partial charge on any atom is -0.464 e. The number of hydrogen-bond donors (Lipinski definition) is 1. The molecule has 300 valence electrons. The molecule has 2 N–H and O–H groups in total. The summed E-state index contributed by atoms with van der Waals surface area (Å²) in [5, 5.41) is -0.476. The first-order chi connectivity index (χ1) is 24.8. The number of alkyl halides is 8. The van der Waals surface area contributed by atoms with Crippen molar-refractivity contribution in [3.05, 3.63) is 23.1 Å². The molecule has 54 heavy (non-hydrogen) atoms. The zero-order chi connectivity index (χ0) is 40.5. The van der Waals surface area contributed by atoms with E-state index in [0.29, 0.717) is 23.8 Å². The highest BCUT2D eigenvalue weighted by molar-refractivity contribution is 5.97. The molecule has 0 aromatic carbocycles. The van der Waals surface area contributed by atoms with E-state index in [1.807, 2.05) is 6.92 Å². The molecule has 3 aromatic heterocycles. The zero-order valence-corrected chi connectivity index (χ0v) is 31.6. The zero-order valence-electron chi connectivity index (χ0n) is 31.6. The van der Waals surface area contributed by atoms with Gasteiger partial charge in [-0.3, -0.25) is 0 Å². The minimum absolute atomic E-state index is 0.0313. The predicted octanol–water partition coefficient (Wildman–Crippen LogP) is 8.43. The first-order valence-electron chi connectivity index (χ1n) is 17.7. The van der Waals surface area contributed by atoms with Crippen LogP contribution in [0.15, 0.2) is 6.07 Å². The van der Waals surface area contributed by atoms with Crippen LogP contribution in [0.2, 0.25) is 0 Å². The van der Waals surface area contributed by atoms with Gasteiger partial charge in [-0.1, -0.05) is 34.6 Å². The fourth-order valence-corrected chi connectivity index (χ4v) is 8.22. The highest BCUT2D eigenvalue weighted by Gasteiger charge is 2.71. The summed E-state index contributed by atoms with van der Waals surface area (Å²) in [6.45, 7) is 10.0. The van der Waals surface area contributed by atoms with Gasteiger partial charge in [0, 0.05) is 32.1 Å². The molecule has 3 heterocycles. The maximum Gasteiger partial charge on any atom is 0.425 e. The van der Waals surface area contributed by atoms with E-state index < -0.39 is 106 Å². The molecule has 0 spiro atoms. The molecular weight excluding hydrogens is 733 g/mol. The third-order valence-corrected chi connectivity index (χ3v) is 11.2. The summed E-state index contributed by atoms with van der Waals surface area (Å²) in [5.74, 6) is -4.84. The maximum atomic E-state index is 17.0. The van der Waals surface area contributed by atoms with Gasteiger partial charge in [0.25, 0.3) is 5.92 Å². The highest BCUT2D eigenvalue weighted by atomic mass is 19.4. The van der Waals surface area contributed by atoms with Gasteiger partial charge in [-0.25, -0.2) is 23.1 Å². The Morgan fingerprint density at radius 1 is 0.981 bits per heavy atom. The SMILES string of the molecule is CCC(Oc1nc(-c2cc(N)nc(C)c2C(F)(F)F)c(F)c2nc(OCC3(CN(C)C)CC3(F)F)nc(N(C)CC(C)C3C(C)C(C)C3C)c12)C(F)(F)F. The van der Waals surface area contributed by atoms with Gasteiger partial charge in [-0.05, 0) is 63.1 Å². The quantitative estimate of drug-likeness (QED) is 0.171. The van der Waals surface area contributed by atoms with Crippen molar-refractivity contribution in [1.29, 1.82) is 0 Å². The van der Waals surface area contributed by atoms with Crippen molar-refractivity contribution >= 4 is 22.5 Å². The maximum absolute atomic E-state index is 17.0. The summed E-state index contributed by atoms with van der Waals surface area (Å²) >= 11 is 0. The number of pyridine rings is 2. The Kier molecular flexibility index (Phi) is 11.0. The number of fused-ring (bicyclic) bond motifs is 1. The number of nitrogens with zero attached hydrogens (tertiary/aromatic N) is 6. The van der Waals surface area contributed by atoms with E-state index in [1.54, 1.807) is 26.0 Å². The Balaban J connectivity index is 1.77. The smallest absolute Gasteiger partial charge is 0.425 e. The second-order valence-electron chi connectivity index (χ2n) is 15.4. The number of nitrogens with two attached hydrogens (primary N) is 1. The summed E-state index contributed by atoms with van der Waals surface area (Å²) in [4.78, 5) is 19.2. The number of nitrogen functional groups attached to an aromatic ring is 1. The molecular formula is C36H46F9N7O2. The molecule has 2 fully saturated rings. The lowest BCUT2D eigenvalue weighted by Crippen LogP contribution is -2.48. The largest absolute Gasteiger partial charge is 0.464 e. The van der Waals surface area contributed by atoms with Gasteiger partial charge in [0.2, 0.25) is 5.88 Å². The third kappa shape index (κ3) is 7.68. The van der Waals surface area contributed by atoms with Crippen LogP contribution in [0.1, 0.15) is 58.7 Å². The van der Waals surface area contributed by atoms with Crippen LogP contribution in [0.4, 0.5) is 51.1 Å². The van der Waals surface area contributed by atoms with Crippen LogP contribution in [-0.2, 0) is 6.18 Å². The average molecular weight is 780 g/mol. The number of aryl methyl sites for hydroxylation is 1. The second kappa shape index (κ2) is 14.3. The number of ether oxygens (including phenoxy) is 2. The molecule has 2 aliphatic carbocycles. The van der Waals surface area contributed by atoms with Gasteiger partial charge in [0.05, 0.1) is 16.7 Å². The number of hydrogen-bond acceptors (Lipinski definition) is 9. The molecule has 5 atom stereocenters. The van der Waals surface area contributed by atoms with Crippen LogP contribution in [0, 0.1) is 47.7 Å². The van der Waals surface area contributed by atoms with Crippen LogP contribution >= 0.6 is 0 Å². The normalized spacial score (nSPS) is 25.0. The molecule has 0 radical (unpaired) electrons. The van der Waals surface area contributed by atoms with Crippen LogP contribution < -0.4 is 20.1 Å². The summed E-state index contributed by atoms with van der Waals surface area (Å²) in [6.07, 6.45) is -13.8. The van der Waals surface area contributed by atoms with Crippen LogP contribution in [0.25, 0.3) is 22.2 Å². The molecule has 2 saturated carbocycles. The van der Waals surface area contributed by atoms with Gasteiger partial charge in [-0.2, -0.15) is 36.3 Å². The third-order valence-electron chi connectivity index (χ3n) is 11.2. The topological polar surface area (TPSA) is 103 Å². The Morgan fingerprint density at radius 2 is 1.59 bits per heavy atom. The van der Waals surface area contributed by atoms with E-state index in [1.165, 1.54) is 11.8 Å². The van der Waals surface area contributed by atoms with E-state index >= 15 is 4.39 Å². The first kappa shape index (κ1) is 41.3. The molecule has 0 amide bonds.